The molecule has 2 saturated heterocycles. The van der Waals surface area contributed by atoms with Gasteiger partial charge in [-0.15, -0.1) is 0 Å². The predicted octanol–water partition coefficient (Wildman–Crippen LogP) is 3.74. The van der Waals surface area contributed by atoms with Gasteiger partial charge in [-0.2, -0.15) is 11.8 Å². The largest absolute Gasteiger partial charge is 0.469 e. The molecule has 0 radical (unpaired) electrons. The lowest BCUT2D eigenvalue weighted by Crippen LogP contribution is -2.53. The van der Waals surface area contributed by atoms with Crippen LogP contribution < -0.4 is 10.6 Å². The van der Waals surface area contributed by atoms with E-state index in [0.717, 1.165) is 49.9 Å². The highest BCUT2D eigenvalue weighted by molar-refractivity contribution is 7.99. The van der Waals surface area contributed by atoms with Crippen molar-refractivity contribution in [3.8, 4) is 0 Å². The Hall–Kier alpha value is -1.14. The molecule has 1 spiro atoms. The fourth-order valence-electron chi connectivity index (χ4n) is 4.51. The average Bonchev–Trinajstić information content (AvgIpc) is 3.35. The van der Waals surface area contributed by atoms with Gasteiger partial charge >= 0.3 is 0 Å². The summed E-state index contributed by atoms with van der Waals surface area (Å²) in [6.07, 6.45) is 12.5. The SMILES string of the molecule is c1coc(CCN=C(NC2CCCCC2)NC2CCOC3(CCSC3)C2)c1. The Morgan fingerprint density at radius 2 is 2.07 bits per heavy atom. The Morgan fingerprint density at radius 1 is 1.19 bits per heavy atom. The van der Waals surface area contributed by atoms with Crippen molar-refractivity contribution in [2.45, 2.75) is 75.5 Å². The van der Waals surface area contributed by atoms with Gasteiger partial charge in [-0.1, -0.05) is 19.3 Å². The minimum Gasteiger partial charge on any atom is -0.469 e. The van der Waals surface area contributed by atoms with Crippen LogP contribution in [0.4, 0.5) is 0 Å². The Labute approximate surface area is 167 Å². The van der Waals surface area contributed by atoms with Crippen LogP contribution in [0.25, 0.3) is 0 Å². The first-order valence-corrected chi connectivity index (χ1v) is 11.8. The highest BCUT2D eigenvalue weighted by atomic mass is 32.2. The van der Waals surface area contributed by atoms with Crippen LogP contribution in [-0.4, -0.2) is 48.3 Å². The van der Waals surface area contributed by atoms with Gasteiger partial charge in [0.2, 0.25) is 0 Å². The Balaban J connectivity index is 1.36. The Morgan fingerprint density at radius 3 is 2.85 bits per heavy atom. The number of nitrogens with one attached hydrogen (secondary N) is 2. The molecule has 0 amide bonds. The third-order valence-corrected chi connectivity index (χ3v) is 7.28. The van der Waals surface area contributed by atoms with E-state index in [9.17, 15) is 0 Å². The predicted molar refractivity (Wildman–Crippen MR) is 112 cm³/mol. The minimum absolute atomic E-state index is 0.102. The van der Waals surface area contributed by atoms with Crippen molar-refractivity contribution in [3.05, 3.63) is 24.2 Å². The van der Waals surface area contributed by atoms with Crippen LogP contribution >= 0.6 is 11.8 Å². The van der Waals surface area contributed by atoms with Gasteiger partial charge in [0.1, 0.15) is 5.76 Å². The number of guanidine groups is 1. The molecule has 4 rings (SSSR count). The number of nitrogens with zero attached hydrogens (tertiary/aromatic N) is 1. The summed E-state index contributed by atoms with van der Waals surface area (Å²) in [5, 5.41) is 7.48. The van der Waals surface area contributed by atoms with E-state index in [1.54, 1.807) is 6.26 Å². The summed E-state index contributed by atoms with van der Waals surface area (Å²) in [7, 11) is 0. The third-order valence-electron chi connectivity index (χ3n) is 6.06. The molecule has 0 aromatic carbocycles. The van der Waals surface area contributed by atoms with Gasteiger partial charge in [0.05, 0.1) is 11.9 Å². The quantitative estimate of drug-likeness (QED) is 0.591. The molecule has 1 aromatic rings. The zero-order chi connectivity index (χ0) is 18.4. The molecule has 3 heterocycles. The number of aliphatic imine (C=N–C) groups is 1. The summed E-state index contributed by atoms with van der Waals surface area (Å²) >= 11 is 2.03. The number of hydrogen-bond donors (Lipinski definition) is 2. The summed E-state index contributed by atoms with van der Waals surface area (Å²) in [6, 6.07) is 4.98. The molecule has 3 fully saturated rings. The van der Waals surface area contributed by atoms with Gasteiger partial charge in [0, 0.05) is 37.4 Å². The van der Waals surface area contributed by atoms with E-state index in [1.807, 2.05) is 23.9 Å². The van der Waals surface area contributed by atoms with Crippen molar-refractivity contribution in [3.63, 3.8) is 0 Å². The lowest BCUT2D eigenvalue weighted by molar-refractivity contribution is -0.0679. The maximum absolute atomic E-state index is 6.18. The standard InChI is InChI=1S/C21H33N3O2S/c1-2-5-17(6-3-1)23-20(22-11-8-19-7-4-12-25-19)24-18-9-13-26-21(15-18)10-14-27-16-21/h4,7,12,17-18H,1-3,5-6,8-11,13-16H2,(H2,22,23,24). The first-order valence-electron chi connectivity index (χ1n) is 10.6. The van der Waals surface area contributed by atoms with Gasteiger partial charge in [0.25, 0.3) is 0 Å². The molecule has 2 N–H and O–H groups in total. The molecule has 6 heteroatoms. The molecule has 2 atom stereocenters. The minimum atomic E-state index is 0.102. The van der Waals surface area contributed by atoms with E-state index < -0.39 is 0 Å². The van der Waals surface area contributed by atoms with Gasteiger partial charge < -0.3 is 19.8 Å². The molecule has 2 unspecified atom stereocenters. The van der Waals surface area contributed by atoms with Crippen LogP contribution in [0, 0.1) is 0 Å². The molecular formula is C21H33N3O2S. The van der Waals surface area contributed by atoms with Crippen molar-refractivity contribution >= 4 is 17.7 Å². The zero-order valence-electron chi connectivity index (χ0n) is 16.3. The molecule has 27 heavy (non-hydrogen) atoms. The van der Waals surface area contributed by atoms with E-state index in [4.69, 9.17) is 14.1 Å². The molecule has 3 aliphatic rings. The van der Waals surface area contributed by atoms with E-state index in [-0.39, 0.29) is 5.60 Å². The lowest BCUT2D eigenvalue weighted by Gasteiger charge is -2.39. The topological polar surface area (TPSA) is 58.8 Å². The maximum Gasteiger partial charge on any atom is 0.191 e. The van der Waals surface area contributed by atoms with Crippen LogP contribution in [0.15, 0.2) is 27.8 Å². The normalized spacial score (nSPS) is 29.9. The van der Waals surface area contributed by atoms with Crippen LogP contribution in [0.2, 0.25) is 0 Å². The second-order valence-electron chi connectivity index (χ2n) is 8.21. The van der Waals surface area contributed by atoms with Crippen molar-refractivity contribution in [2.75, 3.05) is 24.7 Å². The molecule has 150 valence electrons. The number of ether oxygens (including phenoxy) is 1. The first kappa shape index (κ1) is 19.2. The van der Waals surface area contributed by atoms with Crippen LogP contribution in [0.3, 0.4) is 0 Å². The molecular weight excluding hydrogens is 358 g/mol. The average molecular weight is 392 g/mol. The smallest absolute Gasteiger partial charge is 0.191 e. The second-order valence-corrected chi connectivity index (χ2v) is 9.31. The lowest BCUT2D eigenvalue weighted by atomic mass is 9.90. The molecule has 1 aromatic heterocycles. The summed E-state index contributed by atoms with van der Waals surface area (Å²) in [5.74, 6) is 4.37. The zero-order valence-corrected chi connectivity index (χ0v) is 17.1. The summed E-state index contributed by atoms with van der Waals surface area (Å²) in [5.41, 5.74) is 0.102. The van der Waals surface area contributed by atoms with Gasteiger partial charge in [0.15, 0.2) is 5.96 Å². The summed E-state index contributed by atoms with van der Waals surface area (Å²) in [4.78, 5) is 4.89. The monoisotopic (exact) mass is 391 g/mol. The maximum atomic E-state index is 6.18. The number of furan rings is 1. The fraction of sp³-hybridized carbons (Fsp3) is 0.762. The van der Waals surface area contributed by atoms with Gasteiger partial charge in [-0.25, -0.2) is 0 Å². The number of rotatable bonds is 5. The van der Waals surface area contributed by atoms with E-state index >= 15 is 0 Å². The van der Waals surface area contributed by atoms with Crippen molar-refractivity contribution in [2.24, 2.45) is 4.99 Å². The molecule has 1 aliphatic carbocycles. The summed E-state index contributed by atoms with van der Waals surface area (Å²) < 4.78 is 11.6. The molecule has 2 aliphatic heterocycles. The highest BCUT2D eigenvalue weighted by Gasteiger charge is 2.40. The van der Waals surface area contributed by atoms with E-state index in [1.165, 1.54) is 44.3 Å². The van der Waals surface area contributed by atoms with E-state index in [0.29, 0.717) is 12.1 Å². The molecule has 5 nitrogen and oxygen atoms in total. The van der Waals surface area contributed by atoms with E-state index in [2.05, 4.69) is 10.6 Å². The fourth-order valence-corrected chi connectivity index (χ4v) is 5.89. The van der Waals surface area contributed by atoms with Crippen LogP contribution in [-0.2, 0) is 11.2 Å². The highest BCUT2D eigenvalue weighted by Crippen LogP contribution is 2.38. The second kappa shape index (κ2) is 9.37. The first-order chi connectivity index (χ1) is 13.3. The van der Waals surface area contributed by atoms with Crippen molar-refractivity contribution in [1.29, 1.82) is 0 Å². The van der Waals surface area contributed by atoms with Gasteiger partial charge in [-0.05, 0) is 50.0 Å². The number of thioether (sulfide) groups is 1. The van der Waals surface area contributed by atoms with Gasteiger partial charge in [-0.3, -0.25) is 4.99 Å². The third kappa shape index (κ3) is 5.44. The molecule has 1 saturated carbocycles. The summed E-state index contributed by atoms with van der Waals surface area (Å²) in [6.45, 7) is 1.61. The Kier molecular flexibility index (Phi) is 6.66. The Bertz CT molecular complexity index is 593. The number of hydrogen-bond acceptors (Lipinski definition) is 4. The van der Waals surface area contributed by atoms with Crippen molar-refractivity contribution in [1.82, 2.24) is 10.6 Å². The molecule has 0 bridgehead atoms. The van der Waals surface area contributed by atoms with Crippen LogP contribution in [0.5, 0.6) is 0 Å². The van der Waals surface area contributed by atoms with Crippen LogP contribution in [0.1, 0.15) is 57.1 Å². The van der Waals surface area contributed by atoms with Crippen molar-refractivity contribution < 1.29 is 9.15 Å².